The van der Waals surface area contributed by atoms with Crippen molar-refractivity contribution < 1.29 is 14.6 Å². The van der Waals surface area contributed by atoms with Gasteiger partial charge in [-0.05, 0) is 25.7 Å². The van der Waals surface area contributed by atoms with E-state index in [0.717, 1.165) is 13.0 Å². The number of hydrogen-bond acceptors (Lipinski definition) is 4. The first-order chi connectivity index (χ1) is 8.28. The number of rotatable bonds is 6. The van der Waals surface area contributed by atoms with Crippen molar-refractivity contribution in [3.63, 3.8) is 0 Å². The Balaban J connectivity index is 1.70. The maximum atomic E-state index is 9.15. The van der Waals surface area contributed by atoms with E-state index in [2.05, 4.69) is 5.32 Å². The molecule has 0 aromatic heterocycles. The molecule has 0 aromatic rings. The summed E-state index contributed by atoms with van der Waals surface area (Å²) in [7, 11) is 1.66. The van der Waals surface area contributed by atoms with Gasteiger partial charge in [0.15, 0.2) is 0 Å². The van der Waals surface area contributed by atoms with E-state index in [0.29, 0.717) is 12.7 Å². The fourth-order valence-electron chi connectivity index (χ4n) is 3.10. The largest absolute Gasteiger partial charge is 0.395 e. The van der Waals surface area contributed by atoms with Crippen LogP contribution in [0.4, 0.5) is 0 Å². The maximum Gasteiger partial charge on any atom is 0.0708 e. The highest BCUT2D eigenvalue weighted by Crippen LogP contribution is 2.43. The molecule has 1 heterocycles. The Morgan fingerprint density at radius 1 is 1.41 bits per heavy atom. The minimum atomic E-state index is 0.0312. The highest BCUT2D eigenvalue weighted by Gasteiger charge is 2.41. The van der Waals surface area contributed by atoms with Crippen LogP contribution >= 0.6 is 0 Å². The lowest BCUT2D eigenvalue weighted by Gasteiger charge is -2.25. The molecule has 100 valence electrons. The average Bonchev–Trinajstić information content (AvgIpc) is 2.96. The second-order valence-electron chi connectivity index (χ2n) is 5.41. The van der Waals surface area contributed by atoms with Gasteiger partial charge in [0.25, 0.3) is 0 Å². The summed E-state index contributed by atoms with van der Waals surface area (Å²) in [6.45, 7) is 1.50. The van der Waals surface area contributed by atoms with Gasteiger partial charge in [-0.25, -0.2) is 0 Å². The zero-order chi connectivity index (χ0) is 12.1. The fourth-order valence-corrected chi connectivity index (χ4v) is 3.10. The van der Waals surface area contributed by atoms with Crippen LogP contribution in [0.15, 0.2) is 0 Å². The Morgan fingerprint density at radius 2 is 2.18 bits per heavy atom. The molecule has 0 bridgehead atoms. The lowest BCUT2D eigenvalue weighted by atomic mass is 9.98. The molecule has 1 spiro atoms. The van der Waals surface area contributed by atoms with Gasteiger partial charge in [0, 0.05) is 13.7 Å². The molecule has 17 heavy (non-hydrogen) atoms. The second kappa shape index (κ2) is 6.14. The Kier molecular flexibility index (Phi) is 4.79. The average molecular weight is 243 g/mol. The first kappa shape index (κ1) is 13.3. The van der Waals surface area contributed by atoms with Gasteiger partial charge < -0.3 is 19.9 Å². The molecule has 2 fully saturated rings. The molecular weight excluding hydrogens is 218 g/mol. The Morgan fingerprint density at radius 3 is 2.82 bits per heavy atom. The zero-order valence-corrected chi connectivity index (χ0v) is 10.8. The van der Waals surface area contributed by atoms with Crippen molar-refractivity contribution in [2.75, 3.05) is 26.9 Å². The molecule has 2 atom stereocenters. The molecular formula is C13H25NO3. The van der Waals surface area contributed by atoms with E-state index in [1.165, 1.54) is 32.1 Å². The first-order valence-electron chi connectivity index (χ1n) is 6.79. The van der Waals surface area contributed by atoms with Gasteiger partial charge in [-0.2, -0.15) is 0 Å². The van der Waals surface area contributed by atoms with Crippen molar-refractivity contribution >= 4 is 0 Å². The molecule has 2 unspecified atom stereocenters. The molecule has 4 nitrogen and oxygen atoms in total. The zero-order valence-electron chi connectivity index (χ0n) is 10.8. The minimum Gasteiger partial charge on any atom is -0.395 e. The standard InChI is InChI=1S/C13H25NO3/c1-16-10-11(9-15)14-8-12-4-7-13(17-12)5-2-3-6-13/h11-12,14-15H,2-10H2,1H3. The topological polar surface area (TPSA) is 50.7 Å². The maximum absolute atomic E-state index is 9.15. The van der Waals surface area contributed by atoms with Crippen molar-refractivity contribution in [2.24, 2.45) is 0 Å². The van der Waals surface area contributed by atoms with E-state index < -0.39 is 0 Å². The third kappa shape index (κ3) is 3.41. The van der Waals surface area contributed by atoms with Gasteiger partial charge in [-0.15, -0.1) is 0 Å². The molecule has 2 aliphatic rings. The predicted molar refractivity (Wildman–Crippen MR) is 66.1 cm³/mol. The second-order valence-corrected chi connectivity index (χ2v) is 5.41. The van der Waals surface area contributed by atoms with Crippen LogP contribution in [-0.4, -0.2) is 49.7 Å². The molecule has 2 N–H and O–H groups in total. The molecule has 1 saturated heterocycles. The summed E-state index contributed by atoms with van der Waals surface area (Å²) >= 11 is 0. The number of ether oxygens (including phenoxy) is 2. The summed E-state index contributed by atoms with van der Waals surface area (Å²) in [5.41, 5.74) is 0.211. The molecule has 1 aliphatic heterocycles. The number of aliphatic hydroxyl groups is 1. The van der Waals surface area contributed by atoms with Crippen LogP contribution in [0.25, 0.3) is 0 Å². The first-order valence-corrected chi connectivity index (χ1v) is 6.79. The van der Waals surface area contributed by atoms with Crippen molar-refractivity contribution in [1.29, 1.82) is 0 Å². The third-order valence-electron chi connectivity index (χ3n) is 4.08. The van der Waals surface area contributed by atoms with E-state index >= 15 is 0 Å². The highest BCUT2D eigenvalue weighted by atomic mass is 16.5. The van der Waals surface area contributed by atoms with Crippen molar-refractivity contribution in [2.45, 2.75) is 56.3 Å². The Bertz CT molecular complexity index is 229. The van der Waals surface area contributed by atoms with Crippen LogP contribution in [0.3, 0.4) is 0 Å². The number of methoxy groups -OCH3 is 1. The Labute approximate surface area is 104 Å². The summed E-state index contributed by atoms with van der Waals surface area (Å²) in [5.74, 6) is 0. The van der Waals surface area contributed by atoms with Crippen LogP contribution in [0.2, 0.25) is 0 Å². The lowest BCUT2D eigenvalue weighted by Crippen LogP contribution is -2.41. The molecule has 1 aliphatic carbocycles. The molecule has 0 aromatic carbocycles. The smallest absolute Gasteiger partial charge is 0.0708 e. The summed E-state index contributed by atoms with van der Waals surface area (Å²) in [6, 6.07) is 0.0312. The van der Waals surface area contributed by atoms with Crippen LogP contribution < -0.4 is 5.32 Å². The summed E-state index contributed by atoms with van der Waals surface area (Å²) in [6.07, 6.45) is 7.81. The van der Waals surface area contributed by atoms with Crippen molar-refractivity contribution in [3.05, 3.63) is 0 Å². The van der Waals surface area contributed by atoms with Gasteiger partial charge in [-0.1, -0.05) is 12.8 Å². The van der Waals surface area contributed by atoms with E-state index in [4.69, 9.17) is 14.6 Å². The van der Waals surface area contributed by atoms with Crippen molar-refractivity contribution in [3.8, 4) is 0 Å². The normalized spacial score (nSPS) is 28.9. The third-order valence-corrected chi connectivity index (χ3v) is 4.08. The molecule has 1 saturated carbocycles. The van der Waals surface area contributed by atoms with E-state index in [-0.39, 0.29) is 18.2 Å². The number of nitrogens with one attached hydrogen (secondary N) is 1. The van der Waals surface area contributed by atoms with Gasteiger partial charge in [-0.3, -0.25) is 0 Å². The Hall–Kier alpha value is -0.160. The molecule has 0 amide bonds. The number of hydrogen-bond donors (Lipinski definition) is 2. The minimum absolute atomic E-state index is 0.0312. The van der Waals surface area contributed by atoms with Crippen LogP contribution in [0.1, 0.15) is 38.5 Å². The van der Waals surface area contributed by atoms with E-state index in [1.807, 2.05) is 0 Å². The van der Waals surface area contributed by atoms with Gasteiger partial charge in [0.2, 0.25) is 0 Å². The highest BCUT2D eigenvalue weighted by molar-refractivity contribution is 4.93. The lowest BCUT2D eigenvalue weighted by molar-refractivity contribution is -0.0371. The van der Waals surface area contributed by atoms with Gasteiger partial charge in [0.1, 0.15) is 0 Å². The van der Waals surface area contributed by atoms with Gasteiger partial charge >= 0.3 is 0 Å². The summed E-state index contributed by atoms with van der Waals surface area (Å²) < 4.78 is 11.2. The van der Waals surface area contributed by atoms with Gasteiger partial charge in [0.05, 0.1) is 31.0 Å². The summed E-state index contributed by atoms with van der Waals surface area (Å²) in [5, 5.41) is 12.5. The quantitative estimate of drug-likeness (QED) is 0.733. The monoisotopic (exact) mass is 243 g/mol. The van der Waals surface area contributed by atoms with E-state index in [1.54, 1.807) is 7.11 Å². The SMILES string of the molecule is COCC(CO)NCC1CCC2(CCCC2)O1. The van der Waals surface area contributed by atoms with E-state index in [9.17, 15) is 0 Å². The molecule has 0 radical (unpaired) electrons. The fraction of sp³-hybridized carbons (Fsp3) is 1.00. The number of aliphatic hydroxyl groups excluding tert-OH is 1. The predicted octanol–water partition coefficient (Wildman–Crippen LogP) is 1.08. The van der Waals surface area contributed by atoms with Crippen LogP contribution in [0, 0.1) is 0 Å². The summed E-state index contributed by atoms with van der Waals surface area (Å²) in [4.78, 5) is 0. The van der Waals surface area contributed by atoms with Crippen LogP contribution in [-0.2, 0) is 9.47 Å². The van der Waals surface area contributed by atoms with Crippen LogP contribution in [0.5, 0.6) is 0 Å². The van der Waals surface area contributed by atoms with Crippen molar-refractivity contribution in [1.82, 2.24) is 5.32 Å². The molecule has 4 heteroatoms. The molecule has 2 rings (SSSR count).